The summed E-state index contributed by atoms with van der Waals surface area (Å²) in [5.74, 6) is -1.13. The average molecular weight is 463 g/mol. The summed E-state index contributed by atoms with van der Waals surface area (Å²) in [7, 11) is 1.57. The third kappa shape index (κ3) is 3.87. The van der Waals surface area contributed by atoms with Crippen molar-refractivity contribution in [2.75, 3.05) is 12.0 Å². The molecule has 1 unspecified atom stereocenters. The van der Waals surface area contributed by atoms with Crippen LogP contribution in [-0.2, 0) is 9.59 Å². The number of aromatic nitrogens is 1. The van der Waals surface area contributed by atoms with Crippen LogP contribution in [0.2, 0.25) is 5.02 Å². The van der Waals surface area contributed by atoms with Crippen LogP contribution in [-0.4, -0.2) is 28.9 Å². The summed E-state index contributed by atoms with van der Waals surface area (Å²) in [6.07, 6.45) is 1.58. The first-order valence-electron chi connectivity index (χ1n) is 10.4. The summed E-state index contributed by atoms with van der Waals surface area (Å²) in [4.78, 5) is 32.2. The van der Waals surface area contributed by atoms with Crippen LogP contribution in [0.1, 0.15) is 34.0 Å². The molecule has 1 aliphatic heterocycles. The predicted molar refractivity (Wildman–Crippen MR) is 128 cm³/mol. The smallest absolute Gasteiger partial charge is 0.300 e. The molecule has 0 bridgehead atoms. The maximum atomic E-state index is 13.3. The maximum Gasteiger partial charge on any atom is 0.300 e. The van der Waals surface area contributed by atoms with Crippen molar-refractivity contribution in [3.8, 4) is 5.75 Å². The van der Waals surface area contributed by atoms with Crippen LogP contribution < -0.4 is 9.64 Å². The van der Waals surface area contributed by atoms with E-state index in [1.54, 1.807) is 61.8 Å². The number of pyridine rings is 1. The van der Waals surface area contributed by atoms with Crippen LogP contribution in [0.4, 0.5) is 5.69 Å². The number of ether oxygens (including phenoxy) is 1. The molecule has 0 saturated carbocycles. The molecule has 4 rings (SSSR count). The molecule has 1 saturated heterocycles. The van der Waals surface area contributed by atoms with E-state index >= 15 is 0 Å². The first-order valence-corrected chi connectivity index (χ1v) is 10.8. The molecular weight excluding hydrogens is 440 g/mol. The van der Waals surface area contributed by atoms with Gasteiger partial charge in [-0.3, -0.25) is 19.5 Å². The molecule has 2 heterocycles. The molecule has 0 aliphatic carbocycles. The number of nitrogens with zero attached hydrogens (tertiary/aromatic N) is 2. The van der Waals surface area contributed by atoms with Crippen LogP contribution in [0.3, 0.4) is 0 Å². The van der Waals surface area contributed by atoms with Gasteiger partial charge in [0.2, 0.25) is 0 Å². The number of amides is 1. The Hall–Kier alpha value is -3.64. The zero-order chi connectivity index (χ0) is 23.9. The molecule has 7 heteroatoms. The van der Waals surface area contributed by atoms with E-state index in [4.69, 9.17) is 16.3 Å². The van der Waals surface area contributed by atoms with Gasteiger partial charge in [0.1, 0.15) is 17.6 Å². The summed E-state index contributed by atoms with van der Waals surface area (Å²) in [6, 6.07) is 13.0. The molecule has 6 nitrogen and oxygen atoms in total. The van der Waals surface area contributed by atoms with Crippen molar-refractivity contribution in [3.05, 3.63) is 93.3 Å². The zero-order valence-electron chi connectivity index (χ0n) is 18.7. The molecule has 1 fully saturated rings. The van der Waals surface area contributed by atoms with Gasteiger partial charge in [-0.15, -0.1) is 0 Å². The van der Waals surface area contributed by atoms with Gasteiger partial charge in [-0.1, -0.05) is 23.7 Å². The van der Waals surface area contributed by atoms with Crippen LogP contribution >= 0.6 is 11.6 Å². The van der Waals surface area contributed by atoms with E-state index in [1.807, 2.05) is 20.8 Å². The maximum absolute atomic E-state index is 13.3. The Balaban J connectivity index is 1.97. The fraction of sp³-hybridized carbons (Fsp3) is 0.192. The second kappa shape index (κ2) is 8.71. The second-order valence-electron chi connectivity index (χ2n) is 7.99. The summed E-state index contributed by atoms with van der Waals surface area (Å²) < 4.78 is 5.36. The minimum atomic E-state index is -0.910. The number of hydrogen-bond acceptors (Lipinski definition) is 5. The highest BCUT2D eigenvalue weighted by Crippen LogP contribution is 2.43. The van der Waals surface area contributed by atoms with Crippen LogP contribution in [0, 0.1) is 20.8 Å². The third-order valence-corrected chi connectivity index (χ3v) is 6.25. The lowest BCUT2D eigenvalue weighted by Crippen LogP contribution is -2.29. The average Bonchev–Trinajstić information content (AvgIpc) is 3.07. The van der Waals surface area contributed by atoms with Crippen molar-refractivity contribution >= 4 is 34.7 Å². The van der Waals surface area contributed by atoms with Crippen molar-refractivity contribution in [1.29, 1.82) is 0 Å². The van der Waals surface area contributed by atoms with E-state index in [9.17, 15) is 14.7 Å². The van der Waals surface area contributed by atoms with E-state index in [0.717, 1.165) is 11.1 Å². The number of halogens is 1. The molecule has 33 heavy (non-hydrogen) atoms. The highest BCUT2D eigenvalue weighted by Gasteiger charge is 2.47. The monoisotopic (exact) mass is 462 g/mol. The Morgan fingerprint density at radius 2 is 1.79 bits per heavy atom. The molecule has 1 aliphatic rings. The highest BCUT2D eigenvalue weighted by atomic mass is 35.5. The van der Waals surface area contributed by atoms with Gasteiger partial charge in [-0.05, 0) is 73.9 Å². The zero-order valence-corrected chi connectivity index (χ0v) is 19.5. The number of anilines is 1. The SMILES string of the molecule is COc1cc(C)c(/C(O)=C2\C(=O)C(=O)N(c3ccc(C)c(Cl)c3)C2c2ccccn2)cc1C. The Labute approximate surface area is 197 Å². The normalized spacial score (nSPS) is 17.5. The van der Waals surface area contributed by atoms with E-state index < -0.39 is 17.7 Å². The molecule has 1 amide bonds. The number of Topliss-reactive ketones (excluding diaryl/α,β-unsaturated/α-hetero) is 1. The number of carbonyl (C=O) groups excluding carboxylic acids is 2. The number of methoxy groups -OCH3 is 1. The molecular formula is C26H23ClN2O4. The first kappa shape index (κ1) is 22.6. The Morgan fingerprint density at radius 3 is 2.42 bits per heavy atom. The van der Waals surface area contributed by atoms with Crippen molar-refractivity contribution < 1.29 is 19.4 Å². The van der Waals surface area contributed by atoms with E-state index in [1.165, 1.54) is 4.90 Å². The summed E-state index contributed by atoms with van der Waals surface area (Å²) in [5, 5.41) is 11.8. The lowest BCUT2D eigenvalue weighted by molar-refractivity contribution is -0.132. The number of aryl methyl sites for hydroxylation is 3. The van der Waals surface area contributed by atoms with E-state index in [0.29, 0.717) is 33.3 Å². The molecule has 2 aromatic carbocycles. The van der Waals surface area contributed by atoms with Gasteiger partial charge in [-0.25, -0.2) is 0 Å². The van der Waals surface area contributed by atoms with Crippen LogP contribution in [0.5, 0.6) is 5.75 Å². The topological polar surface area (TPSA) is 79.7 Å². The predicted octanol–water partition coefficient (Wildman–Crippen LogP) is 5.30. The number of ketones is 1. The summed E-state index contributed by atoms with van der Waals surface area (Å²) in [5.41, 5.74) is 3.67. The standard InChI is InChI=1S/C26H23ClN2O4/c1-14-8-9-17(13-19(14)27)29-23(20-7-5-6-10-28-20)22(25(31)26(29)32)24(30)18-11-16(3)21(33-4)12-15(18)2/h5-13,23,30H,1-4H3/b24-22+. The Bertz CT molecular complexity index is 1300. The minimum Gasteiger partial charge on any atom is -0.507 e. The fourth-order valence-corrected chi connectivity index (χ4v) is 4.23. The number of hydrogen-bond donors (Lipinski definition) is 1. The van der Waals surface area contributed by atoms with Gasteiger partial charge >= 0.3 is 0 Å². The Kier molecular flexibility index (Phi) is 5.95. The number of rotatable bonds is 4. The fourth-order valence-electron chi connectivity index (χ4n) is 4.06. The minimum absolute atomic E-state index is 0.0249. The molecule has 3 aromatic rings. The van der Waals surface area contributed by atoms with Crippen molar-refractivity contribution in [1.82, 2.24) is 4.98 Å². The van der Waals surface area contributed by atoms with Gasteiger partial charge in [0.25, 0.3) is 11.7 Å². The molecule has 1 aromatic heterocycles. The summed E-state index contributed by atoms with van der Waals surface area (Å²) in [6.45, 7) is 5.51. The number of benzene rings is 2. The number of aliphatic hydroxyl groups excluding tert-OH is 1. The molecule has 1 atom stereocenters. The largest absolute Gasteiger partial charge is 0.507 e. The van der Waals surface area contributed by atoms with Crippen molar-refractivity contribution in [3.63, 3.8) is 0 Å². The van der Waals surface area contributed by atoms with E-state index in [-0.39, 0.29) is 11.3 Å². The molecule has 0 radical (unpaired) electrons. The van der Waals surface area contributed by atoms with Gasteiger partial charge in [-0.2, -0.15) is 0 Å². The van der Waals surface area contributed by atoms with Crippen molar-refractivity contribution in [2.24, 2.45) is 0 Å². The second-order valence-corrected chi connectivity index (χ2v) is 8.40. The Morgan fingerprint density at radius 1 is 1.03 bits per heavy atom. The van der Waals surface area contributed by atoms with Gasteiger partial charge in [0.15, 0.2) is 0 Å². The molecule has 1 N–H and O–H groups in total. The van der Waals surface area contributed by atoms with Crippen LogP contribution in [0.25, 0.3) is 5.76 Å². The van der Waals surface area contributed by atoms with Gasteiger partial charge in [0.05, 0.1) is 18.4 Å². The van der Waals surface area contributed by atoms with Crippen molar-refractivity contribution in [2.45, 2.75) is 26.8 Å². The van der Waals surface area contributed by atoms with Gasteiger partial charge < -0.3 is 9.84 Å². The summed E-state index contributed by atoms with van der Waals surface area (Å²) >= 11 is 6.32. The van der Waals surface area contributed by atoms with Gasteiger partial charge in [0, 0.05) is 22.5 Å². The van der Waals surface area contributed by atoms with Crippen LogP contribution in [0.15, 0.2) is 60.3 Å². The number of aliphatic hydroxyl groups is 1. The third-order valence-electron chi connectivity index (χ3n) is 5.84. The lowest BCUT2D eigenvalue weighted by atomic mass is 9.95. The lowest BCUT2D eigenvalue weighted by Gasteiger charge is -2.25. The number of carbonyl (C=O) groups is 2. The highest BCUT2D eigenvalue weighted by molar-refractivity contribution is 6.51. The molecule has 168 valence electrons. The first-order chi connectivity index (χ1) is 15.7. The van der Waals surface area contributed by atoms with E-state index in [2.05, 4.69) is 4.98 Å². The quantitative estimate of drug-likeness (QED) is 0.323. The molecule has 0 spiro atoms.